The van der Waals surface area contributed by atoms with Gasteiger partial charge in [0.1, 0.15) is 11.8 Å². The van der Waals surface area contributed by atoms with Gasteiger partial charge >= 0.3 is 5.69 Å². The number of hydrogen-bond donors (Lipinski definition) is 3. The zero-order chi connectivity index (χ0) is 15.8. The molecule has 2 aromatic heterocycles. The molecule has 0 radical (unpaired) electrons. The fourth-order valence-corrected chi connectivity index (χ4v) is 2.98. The number of halogens is 2. The molecule has 0 aliphatic carbocycles. The molecule has 0 bridgehead atoms. The van der Waals surface area contributed by atoms with Gasteiger partial charge in [-0.15, -0.1) is 12.4 Å². The standard InChI is InChI=1S/C15H14ClN5O2.ClH/c16-10-3-1-2-8-6-11(13-19-15(22)21-20-13)18-14(12(8)10)23-9-4-5-17-7-9;/h1-3,6,9,17H,4-5,7H2,(H2,19,20,21,22);1H/t9-;/m0./s1. The van der Waals surface area contributed by atoms with E-state index in [4.69, 9.17) is 16.3 Å². The number of hydrogen-bond acceptors (Lipinski definition) is 5. The van der Waals surface area contributed by atoms with Gasteiger partial charge < -0.3 is 10.1 Å². The second-order valence-corrected chi connectivity index (χ2v) is 5.82. The van der Waals surface area contributed by atoms with Crippen molar-refractivity contribution in [1.29, 1.82) is 0 Å². The SMILES string of the molecule is Cl.O=c1[nH]nc(-c2cc3cccc(Cl)c3c(O[C@H]3CCNC3)n2)[nH]1. The summed E-state index contributed by atoms with van der Waals surface area (Å²) in [6, 6.07) is 7.42. The lowest BCUT2D eigenvalue weighted by Gasteiger charge is -2.15. The molecule has 3 aromatic rings. The van der Waals surface area contributed by atoms with Gasteiger partial charge in [-0.25, -0.2) is 14.9 Å². The van der Waals surface area contributed by atoms with Crippen molar-refractivity contribution in [3.05, 3.63) is 39.8 Å². The molecule has 0 unspecified atom stereocenters. The molecule has 7 nitrogen and oxygen atoms in total. The van der Waals surface area contributed by atoms with Gasteiger partial charge in [0.25, 0.3) is 0 Å². The van der Waals surface area contributed by atoms with Crippen molar-refractivity contribution in [3.8, 4) is 17.4 Å². The first kappa shape index (κ1) is 16.8. The Labute approximate surface area is 148 Å². The van der Waals surface area contributed by atoms with Gasteiger partial charge in [-0.3, -0.25) is 4.98 Å². The van der Waals surface area contributed by atoms with Crippen molar-refractivity contribution in [1.82, 2.24) is 25.5 Å². The molecule has 1 aliphatic heterocycles. The number of ether oxygens (including phenoxy) is 1. The van der Waals surface area contributed by atoms with Crippen molar-refractivity contribution < 1.29 is 4.74 Å². The maximum Gasteiger partial charge on any atom is 0.340 e. The average molecular weight is 368 g/mol. The second-order valence-electron chi connectivity index (χ2n) is 5.41. The second kappa shape index (κ2) is 6.80. The first-order chi connectivity index (χ1) is 11.2. The summed E-state index contributed by atoms with van der Waals surface area (Å²) in [7, 11) is 0. The quantitative estimate of drug-likeness (QED) is 0.658. The Morgan fingerprint density at radius 1 is 1.33 bits per heavy atom. The van der Waals surface area contributed by atoms with Crippen LogP contribution in [0.25, 0.3) is 22.3 Å². The van der Waals surface area contributed by atoms with Gasteiger partial charge in [-0.2, -0.15) is 5.10 Å². The van der Waals surface area contributed by atoms with Gasteiger partial charge in [0.2, 0.25) is 5.88 Å². The molecule has 1 aromatic carbocycles. The Morgan fingerprint density at radius 3 is 2.92 bits per heavy atom. The highest BCUT2D eigenvalue weighted by atomic mass is 35.5. The number of nitrogens with zero attached hydrogens (tertiary/aromatic N) is 2. The van der Waals surface area contributed by atoms with E-state index in [-0.39, 0.29) is 24.2 Å². The van der Waals surface area contributed by atoms with E-state index in [9.17, 15) is 4.79 Å². The summed E-state index contributed by atoms with van der Waals surface area (Å²) < 4.78 is 6.05. The predicted octanol–water partition coefficient (Wildman–Crippen LogP) is 2.13. The van der Waals surface area contributed by atoms with Crippen LogP contribution >= 0.6 is 24.0 Å². The lowest BCUT2D eigenvalue weighted by Crippen LogP contribution is -2.20. The molecule has 0 spiro atoms. The number of rotatable bonds is 3. The Bertz CT molecular complexity index is 918. The number of fused-ring (bicyclic) bond motifs is 1. The highest BCUT2D eigenvalue weighted by Gasteiger charge is 2.20. The van der Waals surface area contributed by atoms with Crippen LogP contribution in [-0.4, -0.2) is 39.4 Å². The summed E-state index contributed by atoms with van der Waals surface area (Å²) in [5.41, 5.74) is 0.148. The van der Waals surface area contributed by atoms with Gasteiger partial charge in [-0.05, 0) is 30.5 Å². The Morgan fingerprint density at radius 2 is 2.21 bits per heavy atom. The number of nitrogens with one attached hydrogen (secondary N) is 3. The zero-order valence-corrected chi connectivity index (χ0v) is 14.1. The van der Waals surface area contributed by atoms with Gasteiger partial charge in [0, 0.05) is 6.54 Å². The minimum atomic E-state index is -0.379. The van der Waals surface area contributed by atoms with Crippen molar-refractivity contribution in [2.24, 2.45) is 0 Å². The molecule has 0 amide bonds. The third kappa shape index (κ3) is 3.10. The van der Waals surface area contributed by atoms with Crippen molar-refractivity contribution in [3.63, 3.8) is 0 Å². The topological polar surface area (TPSA) is 95.7 Å². The first-order valence-corrected chi connectivity index (χ1v) is 7.70. The van der Waals surface area contributed by atoms with E-state index in [1.54, 1.807) is 6.07 Å². The van der Waals surface area contributed by atoms with E-state index in [0.717, 1.165) is 30.3 Å². The largest absolute Gasteiger partial charge is 0.472 e. The van der Waals surface area contributed by atoms with Gasteiger partial charge in [0.05, 0.1) is 10.4 Å². The van der Waals surface area contributed by atoms with Crippen LogP contribution < -0.4 is 15.7 Å². The third-order valence-electron chi connectivity index (χ3n) is 3.81. The van der Waals surface area contributed by atoms with Crippen LogP contribution in [0.3, 0.4) is 0 Å². The minimum absolute atomic E-state index is 0. The first-order valence-electron chi connectivity index (χ1n) is 7.32. The summed E-state index contributed by atoms with van der Waals surface area (Å²) >= 11 is 6.33. The number of aromatic amines is 2. The van der Waals surface area contributed by atoms with E-state index in [1.165, 1.54) is 0 Å². The normalized spacial score (nSPS) is 17.0. The highest BCUT2D eigenvalue weighted by Crippen LogP contribution is 2.34. The highest BCUT2D eigenvalue weighted by molar-refractivity contribution is 6.36. The van der Waals surface area contributed by atoms with Crippen molar-refractivity contribution >= 4 is 34.8 Å². The van der Waals surface area contributed by atoms with Crippen LogP contribution in [0.5, 0.6) is 5.88 Å². The molecule has 1 saturated heterocycles. The number of aromatic nitrogens is 4. The maximum atomic E-state index is 11.3. The maximum absolute atomic E-state index is 11.3. The number of benzene rings is 1. The van der Waals surface area contributed by atoms with E-state index in [2.05, 4.69) is 25.5 Å². The monoisotopic (exact) mass is 367 g/mol. The fraction of sp³-hybridized carbons (Fsp3) is 0.267. The van der Waals surface area contributed by atoms with E-state index in [1.807, 2.05) is 18.2 Å². The van der Waals surface area contributed by atoms with Gasteiger partial charge in [0.15, 0.2) is 5.82 Å². The third-order valence-corrected chi connectivity index (χ3v) is 4.13. The molecule has 126 valence electrons. The van der Waals surface area contributed by atoms with Gasteiger partial charge in [-0.1, -0.05) is 23.7 Å². The van der Waals surface area contributed by atoms with E-state index >= 15 is 0 Å². The summed E-state index contributed by atoms with van der Waals surface area (Å²) in [5, 5.41) is 11.8. The average Bonchev–Trinajstić information content (AvgIpc) is 3.19. The molecule has 3 heterocycles. The fourth-order valence-electron chi connectivity index (χ4n) is 2.72. The lowest BCUT2D eigenvalue weighted by atomic mass is 10.1. The summed E-state index contributed by atoms with van der Waals surface area (Å²) in [4.78, 5) is 18.4. The molecule has 1 aliphatic rings. The minimum Gasteiger partial charge on any atom is -0.472 e. The molecular formula is C15H15Cl2N5O2. The molecule has 4 rings (SSSR count). The van der Waals surface area contributed by atoms with Crippen molar-refractivity contribution in [2.75, 3.05) is 13.1 Å². The molecule has 1 fully saturated rings. The number of pyridine rings is 1. The van der Waals surface area contributed by atoms with Crippen LogP contribution in [-0.2, 0) is 0 Å². The van der Waals surface area contributed by atoms with Crippen molar-refractivity contribution in [2.45, 2.75) is 12.5 Å². The molecule has 1 atom stereocenters. The lowest BCUT2D eigenvalue weighted by molar-refractivity contribution is 0.217. The van der Waals surface area contributed by atoms with E-state index < -0.39 is 0 Å². The Hall–Kier alpha value is -2.09. The molecular weight excluding hydrogens is 353 g/mol. The Kier molecular flexibility index (Phi) is 4.75. The van der Waals surface area contributed by atoms with Crippen LogP contribution in [0.2, 0.25) is 5.02 Å². The molecule has 0 saturated carbocycles. The van der Waals surface area contributed by atoms with Crippen LogP contribution in [0.15, 0.2) is 29.1 Å². The molecule has 24 heavy (non-hydrogen) atoms. The molecule has 3 N–H and O–H groups in total. The molecule has 9 heteroatoms. The van der Waals surface area contributed by atoms with Crippen LogP contribution in [0, 0.1) is 0 Å². The predicted molar refractivity (Wildman–Crippen MR) is 94.1 cm³/mol. The van der Waals surface area contributed by atoms with E-state index in [0.29, 0.717) is 22.4 Å². The number of H-pyrrole nitrogens is 2. The van der Waals surface area contributed by atoms with Crippen LogP contribution in [0.4, 0.5) is 0 Å². The summed E-state index contributed by atoms with van der Waals surface area (Å²) in [6.45, 7) is 1.69. The summed E-state index contributed by atoms with van der Waals surface area (Å²) in [6.07, 6.45) is 0.965. The van der Waals surface area contributed by atoms with Crippen LogP contribution in [0.1, 0.15) is 6.42 Å². The Balaban J connectivity index is 0.00000169. The summed E-state index contributed by atoms with van der Waals surface area (Å²) in [5.74, 6) is 0.826. The smallest absolute Gasteiger partial charge is 0.340 e. The zero-order valence-electron chi connectivity index (χ0n) is 12.5.